The molecule has 20 heavy (non-hydrogen) atoms. The molecule has 1 aliphatic rings. The lowest BCUT2D eigenvalue weighted by Crippen LogP contribution is -2.25. The van der Waals surface area contributed by atoms with Gasteiger partial charge in [-0.2, -0.15) is 0 Å². The van der Waals surface area contributed by atoms with Gasteiger partial charge in [0.25, 0.3) is 5.91 Å². The quantitative estimate of drug-likeness (QED) is 0.820. The largest absolute Gasteiger partial charge is 0.399 e. The van der Waals surface area contributed by atoms with Crippen LogP contribution >= 0.6 is 11.6 Å². The van der Waals surface area contributed by atoms with E-state index in [4.69, 9.17) is 17.3 Å². The molecule has 0 radical (unpaired) electrons. The molecule has 0 unspecified atom stereocenters. The Bertz CT molecular complexity index is 702. The lowest BCUT2D eigenvalue weighted by Gasteiger charge is -2.16. The molecule has 1 heterocycles. The van der Waals surface area contributed by atoms with Crippen molar-refractivity contribution in [3.63, 3.8) is 0 Å². The van der Waals surface area contributed by atoms with Crippen molar-refractivity contribution >= 4 is 23.2 Å². The average molecular weight is 291 g/mol. The molecule has 0 saturated heterocycles. The molecule has 3 nitrogen and oxygen atoms in total. The lowest BCUT2D eigenvalue weighted by atomic mass is 10.1. The van der Waals surface area contributed by atoms with E-state index in [0.29, 0.717) is 24.3 Å². The summed E-state index contributed by atoms with van der Waals surface area (Å²) in [4.78, 5) is 14.1. The van der Waals surface area contributed by atoms with E-state index in [0.717, 1.165) is 17.2 Å². The zero-order chi connectivity index (χ0) is 14.3. The van der Waals surface area contributed by atoms with E-state index < -0.39 is 5.82 Å². The molecule has 0 spiro atoms. The van der Waals surface area contributed by atoms with E-state index in [1.54, 1.807) is 4.90 Å². The van der Waals surface area contributed by atoms with Gasteiger partial charge in [-0.25, -0.2) is 4.39 Å². The maximum atomic E-state index is 13.0. The first-order valence-electron chi connectivity index (χ1n) is 6.16. The predicted molar refractivity (Wildman–Crippen MR) is 75.8 cm³/mol. The Morgan fingerprint density at radius 2 is 1.90 bits per heavy atom. The normalized spacial score (nSPS) is 13.4. The molecule has 2 aromatic carbocycles. The molecule has 0 aliphatic carbocycles. The van der Waals surface area contributed by atoms with Crippen LogP contribution in [0.15, 0.2) is 36.4 Å². The summed E-state index contributed by atoms with van der Waals surface area (Å²) in [6.45, 7) is 1.01. The molecule has 1 amide bonds. The molecular weight excluding hydrogens is 279 g/mol. The highest BCUT2D eigenvalue weighted by atomic mass is 35.5. The third kappa shape index (κ3) is 2.23. The van der Waals surface area contributed by atoms with Crippen molar-refractivity contribution in [1.82, 2.24) is 4.90 Å². The van der Waals surface area contributed by atoms with Gasteiger partial charge in [-0.1, -0.05) is 17.7 Å². The first kappa shape index (κ1) is 12.9. The van der Waals surface area contributed by atoms with E-state index in [2.05, 4.69) is 0 Å². The van der Waals surface area contributed by atoms with E-state index in [-0.39, 0.29) is 10.9 Å². The zero-order valence-corrected chi connectivity index (χ0v) is 11.3. The van der Waals surface area contributed by atoms with Crippen LogP contribution in [0.2, 0.25) is 5.02 Å². The Morgan fingerprint density at radius 1 is 1.15 bits per heavy atom. The summed E-state index contributed by atoms with van der Waals surface area (Å²) in [7, 11) is 0. The molecule has 0 saturated carbocycles. The number of hydrogen-bond acceptors (Lipinski definition) is 2. The molecule has 0 fully saturated rings. The van der Waals surface area contributed by atoms with Crippen LogP contribution < -0.4 is 5.73 Å². The Labute approximate surface area is 120 Å². The predicted octanol–water partition coefficient (Wildman–Crippen LogP) is 3.22. The number of carbonyl (C=O) groups excluding carboxylic acids is 1. The van der Waals surface area contributed by atoms with Crippen molar-refractivity contribution in [1.29, 1.82) is 0 Å². The summed E-state index contributed by atoms with van der Waals surface area (Å²) in [5.74, 6) is -0.659. The van der Waals surface area contributed by atoms with Crippen LogP contribution in [0.1, 0.15) is 21.5 Å². The first-order chi connectivity index (χ1) is 9.54. The molecule has 0 aromatic heterocycles. The van der Waals surface area contributed by atoms with E-state index >= 15 is 0 Å². The zero-order valence-electron chi connectivity index (χ0n) is 10.6. The number of amides is 1. The van der Waals surface area contributed by atoms with Crippen molar-refractivity contribution in [3.8, 4) is 0 Å². The Kier molecular flexibility index (Phi) is 3.10. The van der Waals surface area contributed by atoms with E-state index in [9.17, 15) is 9.18 Å². The third-order valence-electron chi connectivity index (χ3n) is 3.40. The molecule has 2 N–H and O–H groups in total. The average Bonchev–Trinajstić information content (AvgIpc) is 2.81. The van der Waals surface area contributed by atoms with Crippen LogP contribution in [0, 0.1) is 5.82 Å². The number of halogens is 2. The molecule has 1 aliphatic heterocycles. The van der Waals surface area contributed by atoms with Crippen molar-refractivity contribution < 1.29 is 9.18 Å². The van der Waals surface area contributed by atoms with Crippen LogP contribution in [0.5, 0.6) is 0 Å². The van der Waals surface area contributed by atoms with Crippen molar-refractivity contribution in [2.75, 3.05) is 5.73 Å². The summed E-state index contributed by atoms with van der Waals surface area (Å²) < 4.78 is 13.0. The Morgan fingerprint density at radius 3 is 2.65 bits per heavy atom. The summed E-state index contributed by atoms with van der Waals surface area (Å²) in [5.41, 5.74) is 8.84. The number of anilines is 1. The molecule has 102 valence electrons. The van der Waals surface area contributed by atoms with Crippen LogP contribution in [0.3, 0.4) is 0 Å². The summed E-state index contributed by atoms with van der Waals surface area (Å²) >= 11 is 5.93. The number of nitrogens with two attached hydrogens (primary N) is 1. The molecule has 5 heteroatoms. The minimum absolute atomic E-state index is 0.130. The minimum atomic E-state index is -0.455. The molecular formula is C15H12ClFN2O. The number of hydrogen-bond donors (Lipinski definition) is 1. The molecule has 2 aromatic rings. The Balaban J connectivity index is 1.87. The maximum Gasteiger partial charge on any atom is 0.255 e. The van der Waals surface area contributed by atoms with Gasteiger partial charge in [0.05, 0.1) is 10.6 Å². The number of fused-ring (bicyclic) bond motifs is 1. The number of rotatable bonds is 1. The molecule has 3 rings (SSSR count). The first-order valence-corrected chi connectivity index (χ1v) is 6.54. The second kappa shape index (κ2) is 4.80. The smallest absolute Gasteiger partial charge is 0.255 e. The van der Waals surface area contributed by atoms with Crippen molar-refractivity contribution in [2.24, 2.45) is 0 Å². The SMILES string of the molecule is Nc1ccc2c(c1)CN(C(=O)c1ccc(F)cc1Cl)C2. The van der Waals surface area contributed by atoms with Gasteiger partial charge in [0, 0.05) is 18.8 Å². The summed E-state index contributed by atoms with van der Waals surface area (Å²) in [6, 6.07) is 9.41. The van der Waals surface area contributed by atoms with Gasteiger partial charge in [0.2, 0.25) is 0 Å². The van der Waals surface area contributed by atoms with Crippen LogP contribution in [0.25, 0.3) is 0 Å². The standard InChI is InChI=1S/C15H12ClFN2O/c16-14-6-11(17)2-4-13(14)15(20)19-7-9-1-3-12(18)5-10(9)8-19/h1-6H,7-8,18H2. The van der Waals surface area contributed by atoms with Gasteiger partial charge in [-0.3, -0.25) is 4.79 Å². The monoisotopic (exact) mass is 290 g/mol. The van der Waals surface area contributed by atoms with Crippen LogP contribution in [-0.2, 0) is 13.1 Å². The number of benzene rings is 2. The van der Waals surface area contributed by atoms with Crippen LogP contribution in [-0.4, -0.2) is 10.8 Å². The highest BCUT2D eigenvalue weighted by Crippen LogP contribution is 2.28. The number of carbonyl (C=O) groups is 1. The number of nitrogen functional groups attached to an aromatic ring is 1. The topological polar surface area (TPSA) is 46.3 Å². The summed E-state index contributed by atoms with van der Waals surface area (Å²) in [5, 5.41) is 0.130. The highest BCUT2D eigenvalue weighted by Gasteiger charge is 2.25. The lowest BCUT2D eigenvalue weighted by molar-refractivity contribution is 0.0751. The highest BCUT2D eigenvalue weighted by molar-refractivity contribution is 6.33. The van der Waals surface area contributed by atoms with Gasteiger partial charge in [0.1, 0.15) is 5.82 Å². The fraction of sp³-hybridized carbons (Fsp3) is 0.133. The molecule has 0 bridgehead atoms. The fourth-order valence-corrected chi connectivity index (χ4v) is 2.64. The second-order valence-corrected chi connectivity index (χ2v) is 5.22. The minimum Gasteiger partial charge on any atom is -0.399 e. The van der Waals surface area contributed by atoms with Gasteiger partial charge < -0.3 is 10.6 Å². The van der Waals surface area contributed by atoms with Gasteiger partial charge in [-0.05, 0) is 41.5 Å². The van der Waals surface area contributed by atoms with E-state index in [1.807, 2.05) is 18.2 Å². The van der Waals surface area contributed by atoms with Gasteiger partial charge in [0.15, 0.2) is 0 Å². The van der Waals surface area contributed by atoms with Crippen molar-refractivity contribution in [3.05, 3.63) is 63.9 Å². The second-order valence-electron chi connectivity index (χ2n) is 4.81. The van der Waals surface area contributed by atoms with Crippen molar-refractivity contribution in [2.45, 2.75) is 13.1 Å². The van der Waals surface area contributed by atoms with Gasteiger partial charge in [-0.15, -0.1) is 0 Å². The fourth-order valence-electron chi connectivity index (χ4n) is 2.39. The Hall–Kier alpha value is -2.07. The number of nitrogens with zero attached hydrogens (tertiary/aromatic N) is 1. The van der Waals surface area contributed by atoms with E-state index in [1.165, 1.54) is 12.1 Å². The van der Waals surface area contributed by atoms with Gasteiger partial charge >= 0.3 is 0 Å². The van der Waals surface area contributed by atoms with Crippen LogP contribution in [0.4, 0.5) is 10.1 Å². The molecule has 0 atom stereocenters. The third-order valence-corrected chi connectivity index (χ3v) is 3.71. The maximum absolute atomic E-state index is 13.0. The summed E-state index contributed by atoms with van der Waals surface area (Å²) in [6.07, 6.45) is 0.